The van der Waals surface area contributed by atoms with Gasteiger partial charge in [0.25, 0.3) is 9.05 Å². The Hall–Kier alpha value is -1.33. The van der Waals surface area contributed by atoms with E-state index in [4.69, 9.17) is 10.7 Å². The largest absolute Gasteiger partial charge is 0.364 e. The van der Waals surface area contributed by atoms with Crippen LogP contribution >= 0.6 is 10.7 Å². The fourth-order valence-electron chi connectivity index (χ4n) is 1.17. The number of benzene rings is 1. The molecule has 1 aromatic carbocycles. The van der Waals surface area contributed by atoms with Crippen LogP contribution in [0.25, 0.3) is 11.1 Å². The highest BCUT2D eigenvalue weighted by Gasteiger charge is 2.11. The molecule has 2 aromatic rings. The lowest BCUT2D eigenvalue weighted by molar-refractivity contribution is 0.420. The van der Waals surface area contributed by atoms with E-state index >= 15 is 0 Å². The van der Waals surface area contributed by atoms with E-state index in [-0.39, 0.29) is 4.90 Å². The molecule has 15 heavy (non-hydrogen) atoms. The highest BCUT2D eigenvalue weighted by Crippen LogP contribution is 2.23. The van der Waals surface area contributed by atoms with Crippen molar-refractivity contribution in [2.45, 2.75) is 4.90 Å². The summed E-state index contributed by atoms with van der Waals surface area (Å²) in [6.07, 6.45) is 2.93. The summed E-state index contributed by atoms with van der Waals surface area (Å²) in [6, 6.07) is 6.25. The highest BCUT2D eigenvalue weighted by atomic mass is 35.7. The van der Waals surface area contributed by atoms with Crippen molar-refractivity contribution in [3.8, 4) is 11.1 Å². The molecule has 1 heterocycles. The molecule has 0 fully saturated rings. The van der Waals surface area contributed by atoms with Crippen LogP contribution in [0.15, 0.2) is 46.1 Å². The lowest BCUT2D eigenvalue weighted by Gasteiger charge is -1.99. The molecule has 0 aliphatic heterocycles. The molecule has 2 rings (SSSR count). The van der Waals surface area contributed by atoms with E-state index in [9.17, 15) is 8.42 Å². The van der Waals surface area contributed by atoms with Crippen LogP contribution in [-0.2, 0) is 9.05 Å². The maximum absolute atomic E-state index is 11.1. The van der Waals surface area contributed by atoms with Gasteiger partial charge in [0.05, 0.1) is 11.1 Å². The Morgan fingerprint density at radius 1 is 1.27 bits per heavy atom. The molecule has 0 aliphatic carbocycles. The van der Waals surface area contributed by atoms with Gasteiger partial charge in [-0.3, -0.25) is 0 Å². The van der Waals surface area contributed by atoms with E-state index in [1.54, 1.807) is 12.1 Å². The normalized spacial score (nSPS) is 11.5. The monoisotopic (exact) mass is 243 g/mol. The van der Waals surface area contributed by atoms with E-state index in [2.05, 4.69) is 9.68 Å². The van der Waals surface area contributed by atoms with Gasteiger partial charge in [0, 0.05) is 16.2 Å². The predicted octanol–water partition coefficient (Wildman–Crippen LogP) is 2.27. The molecule has 0 unspecified atom stereocenters. The molecule has 6 heteroatoms. The third kappa shape index (κ3) is 2.19. The van der Waals surface area contributed by atoms with Gasteiger partial charge < -0.3 is 4.52 Å². The predicted molar refractivity (Wildman–Crippen MR) is 55.0 cm³/mol. The molecule has 0 aliphatic rings. The zero-order valence-corrected chi connectivity index (χ0v) is 8.99. The number of nitrogens with zero attached hydrogens (tertiary/aromatic N) is 1. The lowest BCUT2D eigenvalue weighted by Crippen LogP contribution is -1.90. The van der Waals surface area contributed by atoms with Crippen molar-refractivity contribution in [3.05, 3.63) is 36.7 Å². The van der Waals surface area contributed by atoms with Crippen molar-refractivity contribution in [2.24, 2.45) is 0 Å². The first-order valence-electron chi connectivity index (χ1n) is 4.02. The first-order chi connectivity index (χ1) is 7.07. The van der Waals surface area contributed by atoms with Gasteiger partial charge in [0.15, 0.2) is 0 Å². The van der Waals surface area contributed by atoms with Crippen molar-refractivity contribution >= 4 is 19.7 Å². The van der Waals surface area contributed by atoms with Gasteiger partial charge in [-0.1, -0.05) is 17.3 Å². The molecule has 0 atom stereocenters. The number of hydrogen-bond donors (Lipinski definition) is 0. The fourth-order valence-corrected chi connectivity index (χ4v) is 1.97. The van der Waals surface area contributed by atoms with Crippen molar-refractivity contribution in [1.29, 1.82) is 0 Å². The van der Waals surface area contributed by atoms with E-state index in [0.29, 0.717) is 11.1 Å². The molecular formula is C9H6ClNO3S. The molecule has 0 amide bonds. The van der Waals surface area contributed by atoms with E-state index in [1.807, 2.05) is 0 Å². The van der Waals surface area contributed by atoms with Crippen LogP contribution in [0.4, 0.5) is 0 Å². The smallest absolute Gasteiger partial charge is 0.261 e. The molecule has 0 bridgehead atoms. The van der Waals surface area contributed by atoms with Crippen molar-refractivity contribution < 1.29 is 12.9 Å². The van der Waals surface area contributed by atoms with Crippen molar-refractivity contribution in [2.75, 3.05) is 0 Å². The van der Waals surface area contributed by atoms with Gasteiger partial charge in [-0.2, -0.15) is 0 Å². The fraction of sp³-hybridized carbons (Fsp3) is 0. The molecule has 0 radical (unpaired) electrons. The van der Waals surface area contributed by atoms with Gasteiger partial charge >= 0.3 is 0 Å². The number of rotatable bonds is 2. The SMILES string of the molecule is O=S(=O)(Cl)c1cccc(-c2cnoc2)c1. The first kappa shape index (κ1) is 10.2. The molecule has 0 spiro atoms. The van der Waals surface area contributed by atoms with Crippen LogP contribution in [-0.4, -0.2) is 13.6 Å². The third-order valence-corrected chi connectivity index (χ3v) is 3.23. The van der Waals surface area contributed by atoms with Crippen LogP contribution < -0.4 is 0 Å². The molecular weight excluding hydrogens is 238 g/mol. The Labute approximate surface area is 90.9 Å². The van der Waals surface area contributed by atoms with Gasteiger partial charge in [0.1, 0.15) is 6.26 Å². The second-order valence-corrected chi connectivity index (χ2v) is 5.44. The Kier molecular flexibility index (Phi) is 2.50. The van der Waals surface area contributed by atoms with Crippen LogP contribution in [0.2, 0.25) is 0 Å². The van der Waals surface area contributed by atoms with Gasteiger partial charge in [-0.25, -0.2) is 8.42 Å². The molecule has 0 saturated heterocycles. The minimum absolute atomic E-state index is 0.0582. The summed E-state index contributed by atoms with van der Waals surface area (Å²) in [4.78, 5) is 0.0582. The van der Waals surface area contributed by atoms with Crippen LogP contribution in [0.5, 0.6) is 0 Å². The average Bonchev–Trinajstić information content (AvgIpc) is 2.69. The molecule has 1 aromatic heterocycles. The Balaban J connectivity index is 2.53. The van der Waals surface area contributed by atoms with Crippen LogP contribution in [0.3, 0.4) is 0 Å². The average molecular weight is 244 g/mol. The van der Waals surface area contributed by atoms with E-state index in [1.165, 1.54) is 24.6 Å². The van der Waals surface area contributed by atoms with Crippen LogP contribution in [0.1, 0.15) is 0 Å². The maximum atomic E-state index is 11.1. The standard InChI is InChI=1S/C9H6ClNO3S/c10-15(12,13)9-3-1-2-7(4-9)8-5-11-14-6-8/h1-6H. The lowest BCUT2D eigenvalue weighted by atomic mass is 10.1. The van der Waals surface area contributed by atoms with Gasteiger partial charge in [-0.05, 0) is 17.7 Å². The number of halogens is 1. The zero-order chi connectivity index (χ0) is 10.9. The summed E-state index contributed by atoms with van der Waals surface area (Å²) >= 11 is 0. The topological polar surface area (TPSA) is 60.2 Å². The summed E-state index contributed by atoms with van der Waals surface area (Å²) in [5, 5.41) is 3.53. The summed E-state index contributed by atoms with van der Waals surface area (Å²) < 4.78 is 26.8. The third-order valence-electron chi connectivity index (χ3n) is 1.88. The van der Waals surface area contributed by atoms with Crippen molar-refractivity contribution in [1.82, 2.24) is 5.16 Å². The highest BCUT2D eigenvalue weighted by molar-refractivity contribution is 8.13. The minimum atomic E-state index is -3.70. The second kappa shape index (κ2) is 3.67. The Bertz CT molecular complexity index is 563. The maximum Gasteiger partial charge on any atom is 0.261 e. The summed E-state index contributed by atoms with van der Waals surface area (Å²) in [5.41, 5.74) is 1.40. The number of hydrogen-bond acceptors (Lipinski definition) is 4. The van der Waals surface area contributed by atoms with Gasteiger partial charge in [-0.15, -0.1) is 0 Å². The summed E-state index contributed by atoms with van der Waals surface area (Å²) in [5.74, 6) is 0. The number of aromatic nitrogens is 1. The minimum Gasteiger partial charge on any atom is -0.364 e. The van der Waals surface area contributed by atoms with Gasteiger partial charge in [0.2, 0.25) is 0 Å². The summed E-state index contributed by atoms with van der Waals surface area (Å²) in [7, 11) is 1.53. The zero-order valence-electron chi connectivity index (χ0n) is 7.42. The van der Waals surface area contributed by atoms with Crippen LogP contribution in [0, 0.1) is 0 Å². The summed E-state index contributed by atoms with van der Waals surface area (Å²) in [6.45, 7) is 0. The molecule has 0 saturated carbocycles. The second-order valence-electron chi connectivity index (χ2n) is 2.88. The first-order valence-corrected chi connectivity index (χ1v) is 6.33. The van der Waals surface area contributed by atoms with E-state index < -0.39 is 9.05 Å². The Morgan fingerprint density at radius 3 is 2.67 bits per heavy atom. The quantitative estimate of drug-likeness (QED) is 0.759. The Morgan fingerprint density at radius 2 is 2.07 bits per heavy atom. The molecule has 78 valence electrons. The van der Waals surface area contributed by atoms with E-state index in [0.717, 1.165) is 0 Å². The van der Waals surface area contributed by atoms with Crippen molar-refractivity contribution in [3.63, 3.8) is 0 Å². The molecule has 0 N–H and O–H groups in total. The molecule has 4 nitrogen and oxygen atoms in total.